The van der Waals surface area contributed by atoms with Gasteiger partial charge >= 0.3 is 5.97 Å². The smallest absolute Gasteiger partial charge is 0.306 e. The Bertz CT molecular complexity index is 1100. The van der Waals surface area contributed by atoms with Gasteiger partial charge in [-0.3, -0.25) is 9.59 Å². The predicted octanol–water partition coefficient (Wildman–Crippen LogP) is 3.81. The number of rotatable bonds is 6. The molecule has 3 aromatic rings. The maximum absolute atomic E-state index is 12.5. The van der Waals surface area contributed by atoms with Gasteiger partial charge in [-0.25, -0.2) is 9.97 Å². The molecule has 1 aliphatic heterocycles. The van der Waals surface area contributed by atoms with Gasteiger partial charge in [0.1, 0.15) is 6.61 Å². The number of carbonyl (C=O) groups is 2. The summed E-state index contributed by atoms with van der Waals surface area (Å²) in [4.78, 5) is 33.6. The van der Waals surface area contributed by atoms with Crippen molar-refractivity contribution in [3.8, 4) is 11.5 Å². The molecule has 30 heavy (non-hydrogen) atoms. The van der Waals surface area contributed by atoms with Crippen LogP contribution in [0.1, 0.15) is 41.0 Å². The first-order valence-corrected chi connectivity index (χ1v) is 9.91. The van der Waals surface area contributed by atoms with Crippen LogP contribution < -0.4 is 9.47 Å². The van der Waals surface area contributed by atoms with E-state index < -0.39 is 5.97 Å². The average Bonchev–Trinajstić information content (AvgIpc) is 3.00. The summed E-state index contributed by atoms with van der Waals surface area (Å²) >= 11 is 0. The lowest BCUT2D eigenvalue weighted by Gasteiger charge is -2.09. The van der Waals surface area contributed by atoms with Crippen molar-refractivity contribution in [3.05, 3.63) is 59.4 Å². The molecule has 2 heterocycles. The molecule has 7 nitrogen and oxygen atoms in total. The second-order valence-corrected chi connectivity index (χ2v) is 7.04. The SMILES string of the molecule is Cc1nc2ccccc2nc1COC(=O)CCC(=O)c1ccc2c(c1)OCCCO2. The molecule has 7 heteroatoms. The molecular formula is C23H22N2O5. The normalized spacial score (nSPS) is 13.0. The highest BCUT2D eigenvalue weighted by Gasteiger charge is 2.16. The number of nitrogens with zero attached hydrogens (tertiary/aromatic N) is 2. The first-order chi connectivity index (χ1) is 14.6. The Labute approximate surface area is 174 Å². The Morgan fingerprint density at radius 2 is 1.70 bits per heavy atom. The Balaban J connectivity index is 1.32. The van der Waals surface area contributed by atoms with E-state index in [9.17, 15) is 9.59 Å². The first kappa shape index (κ1) is 19.8. The zero-order chi connectivity index (χ0) is 20.9. The number of ketones is 1. The third kappa shape index (κ3) is 4.56. The van der Waals surface area contributed by atoms with Gasteiger partial charge in [0, 0.05) is 18.4 Å². The van der Waals surface area contributed by atoms with Crippen molar-refractivity contribution >= 4 is 22.8 Å². The molecule has 1 aliphatic rings. The highest BCUT2D eigenvalue weighted by atomic mass is 16.5. The lowest BCUT2D eigenvalue weighted by atomic mass is 10.1. The quantitative estimate of drug-likeness (QED) is 0.454. The van der Waals surface area contributed by atoms with E-state index in [1.807, 2.05) is 31.2 Å². The number of fused-ring (bicyclic) bond motifs is 2. The molecule has 0 aliphatic carbocycles. The number of hydrogen-bond donors (Lipinski definition) is 0. The van der Waals surface area contributed by atoms with Crippen LogP contribution in [0.4, 0.5) is 0 Å². The third-order valence-electron chi connectivity index (χ3n) is 4.84. The molecule has 0 radical (unpaired) electrons. The van der Waals surface area contributed by atoms with E-state index in [0.29, 0.717) is 41.7 Å². The molecule has 0 unspecified atom stereocenters. The highest BCUT2D eigenvalue weighted by molar-refractivity contribution is 5.98. The van der Waals surface area contributed by atoms with E-state index >= 15 is 0 Å². The fourth-order valence-electron chi connectivity index (χ4n) is 3.18. The maximum Gasteiger partial charge on any atom is 0.306 e. The molecule has 0 atom stereocenters. The van der Waals surface area contributed by atoms with Crippen LogP contribution in [-0.2, 0) is 16.1 Å². The van der Waals surface area contributed by atoms with Crippen molar-refractivity contribution in [1.29, 1.82) is 0 Å². The zero-order valence-electron chi connectivity index (χ0n) is 16.7. The molecule has 0 spiro atoms. The molecule has 0 fully saturated rings. The van der Waals surface area contributed by atoms with Crippen LogP contribution in [0.2, 0.25) is 0 Å². The van der Waals surface area contributed by atoms with Crippen LogP contribution in [0, 0.1) is 6.92 Å². The van der Waals surface area contributed by atoms with Crippen molar-refractivity contribution in [2.24, 2.45) is 0 Å². The fourth-order valence-corrected chi connectivity index (χ4v) is 3.18. The summed E-state index contributed by atoms with van der Waals surface area (Å²) in [7, 11) is 0. The summed E-state index contributed by atoms with van der Waals surface area (Å²) in [6.07, 6.45) is 0.846. The van der Waals surface area contributed by atoms with Crippen LogP contribution in [-0.4, -0.2) is 34.9 Å². The lowest BCUT2D eigenvalue weighted by Crippen LogP contribution is -2.10. The van der Waals surface area contributed by atoms with Gasteiger partial charge in [0.05, 0.1) is 42.1 Å². The minimum Gasteiger partial charge on any atom is -0.490 e. The molecular weight excluding hydrogens is 384 g/mol. The maximum atomic E-state index is 12.5. The number of para-hydroxylation sites is 2. The number of benzene rings is 2. The third-order valence-corrected chi connectivity index (χ3v) is 4.84. The number of aryl methyl sites for hydroxylation is 1. The zero-order valence-corrected chi connectivity index (χ0v) is 16.7. The Morgan fingerprint density at radius 3 is 2.50 bits per heavy atom. The summed E-state index contributed by atoms with van der Waals surface area (Å²) in [6, 6.07) is 12.6. The monoisotopic (exact) mass is 406 g/mol. The second-order valence-electron chi connectivity index (χ2n) is 7.04. The lowest BCUT2D eigenvalue weighted by molar-refractivity contribution is -0.145. The number of aromatic nitrogens is 2. The van der Waals surface area contributed by atoms with Gasteiger partial charge in [-0.15, -0.1) is 0 Å². The summed E-state index contributed by atoms with van der Waals surface area (Å²) < 4.78 is 16.5. The van der Waals surface area contributed by atoms with E-state index in [0.717, 1.165) is 17.5 Å². The van der Waals surface area contributed by atoms with Crippen molar-refractivity contribution in [1.82, 2.24) is 9.97 Å². The van der Waals surface area contributed by atoms with Gasteiger partial charge in [-0.05, 0) is 37.3 Å². The highest BCUT2D eigenvalue weighted by Crippen LogP contribution is 2.30. The molecule has 0 saturated heterocycles. The van der Waals surface area contributed by atoms with Crippen LogP contribution in [0.25, 0.3) is 11.0 Å². The molecule has 1 aromatic heterocycles. The van der Waals surface area contributed by atoms with Gasteiger partial charge in [0.25, 0.3) is 0 Å². The summed E-state index contributed by atoms with van der Waals surface area (Å²) in [5.41, 5.74) is 3.36. The van der Waals surface area contributed by atoms with E-state index in [2.05, 4.69) is 9.97 Å². The van der Waals surface area contributed by atoms with E-state index in [4.69, 9.17) is 14.2 Å². The molecule has 4 rings (SSSR count). The van der Waals surface area contributed by atoms with Crippen molar-refractivity contribution in [2.45, 2.75) is 32.8 Å². The molecule has 0 amide bonds. The van der Waals surface area contributed by atoms with Gasteiger partial charge in [-0.1, -0.05) is 12.1 Å². The van der Waals surface area contributed by atoms with Crippen LogP contribution in [0.15, 0.2) is 42.5 Å². The molecule has 0 saturated carbocycles. The topological polar surface area (TPSA) is 87.6 Å². The predicted molar refractivity (Wildman–Crippen MR) is 110 cm³/mol. The number of carbonyl (C=O) groups excluding carboxylic acids is 2. The van der Waals surface area contributed by atoms with Crippen LogP contribution in [0.5, 0.6) is 11.5 Å². The van der Waals surface area contributed by atoms with Crippen molar-refractivity contribution in [2.75, 3.05) is 13.2 Å². The van der Waals surface area contributed by atoms with E-state index in [1.165, 1.54) is 0 Å². The first-order valence-electron chi connectivity index (χ1n) is 9.91. The minimum atomic E-state index is -0.452. The molecule has 2 aromatic carbocycles. The Morgan fingerprint density at radius 1 is 0.967 bits per heavy atom. The van der Waals surface area contributed by atoms with Gasteiger partial charge < -0.3 is 14.2 Å². The molecule has 154 valence electrons. The summed E-state index contributed by atoms with van der Waals surface area (Å²) in [5.74, 6) is 0.595. The average molecular weight is 406 g/mol. The minimum absolute atomic E-state index is 0.00661. The fraction of sp³-hybridized carbons (Fsp3) is 0.304. The van der Waals surface area contributed by atoms with E-state index in [-0.39, 0.29) is 25.2 Å². The number of ether oxygens (including phenoxy) is 3. The van der Waals surface area contributed by atoms with Gasteiger partial charge in [-0.2, -0.15) is 0 Å². The van der Waals surface area contributed by atoms with Gasteiger partial charge in [0.2, 0.25) is 0 Å². The van der Waals surface area contributed by atoms with E-state index in [1.54, 1.807) is 18.2 Å². The molecule has 0 bridgehead atoms. The summed E-state index contributed by atoms with van der Waals surface area (Å²) in [5, 5.41) is 0. The number of hydrogen-bond acceptors (Lipinski definition) is 7. The summed E-state index contributed by atoms with van der Waals surface area (Å²) in [6.45, 7) is 3.00. The largest absolute Gasteiger partial charge is 0.490 e. The van der Waals surface area contributed by atoms with Crippen molar-refractivity contribution in [3.63, 3.8) is 0 Å². The van der Waals surface area contributed by atoms with Gasteiger partial charge in [0.15, 0.2) is 17.3 Å². The number of esters is 1. The Hall–Kier alpha value is -3.48. The standard InChI is InChI=1S/C23H22N2O5/c1-15-19(25-18-6-3-2-5-17(18)24-15)14-30-23(27)10-8-20(26)16-7-9-21-22(13-16)29-12-4-11-28-21/h2-3,5-7,9,13H,4,8,10-12,14H2,1H3. The number of Topliss-reactive ketones (excluding diaryl/α,β-unsaturated/α-hetero) is 1. The Kier molecular flexibility index (Phi) is 5.88. The van der Waals surface area contributed by atoms with Crippen molar-refractivity contribution < 1.29 is 23.8 Å². The molecule has 0 N–H and O–H groups in total. The van der Waals surface area contributed by atoms with Crippen LogP contribution in [0.3, 0.4) is 0 Å². The van der Waals surface area contributed by atoms with Crippen LogP contribution >= 0.6 is 0 Å². The second kappa shape index (κ2) is 8.90.